The Balaban J connectivity index is 1.65. The fourth-order valence-corrected chi connectivity index (χ4v) is 6.72. The number of morpholine rings is 1. The Bertz CT molecular complexity index is 950. The predicted molar refractivity (Wildman–Crippen MR) is 112 cm³/mol. The topological polar surface area (TPSA) is 66.9 Å². The summed E-state index contributed by atoms with van der Waals surface area (Å²) in [6, 6.07) is 11.8. The van der Waals surface area contributed by atoms with Gasteiger partial charge in [-0.15, -0.1) is 11.3 Å². The number of nitrogens with zero attached hydrogens (tertiary/aromatic N) is 2. The molecule has 28 heavy (non-hydrogen) atoms. The van der Waals surface area contributed by atoms with Crippen LogP contribution in [0.4, 0.5) is 5.00 Å². The summed E-state index contributed by atoms with van der Waals surface area (Å²) >= 11 is 1.49. The lowest BCUT2D eigenvalue weighted by Gasteiger charge is -2.28. The molecule has 1 atom stereocenters. The third-order valence-corrected chi connectivity index (χ3v) is 8.32. The molecule has 4 rings (SSSR count). The molecule has 0 spiro atoms. The maximum atomic E-state index is 13.1. The Kier molecular flexibility index (Phi) is 5.44. The number of amides is 1. The van der Waals surface area contributed by atoms with Gasteiger partial charge in [-0.05, 0) is 18.1 Å². The summed E-state index contributed by atoms with van der Waals surface area (Å²) in [5.74, 6) is 0.111. The van der Waals surface area contributed by atoms with Crippen molar-refractivity contribution in [3.63, 3.8) is 0 Å². The van der Waals surface area contributed by atoms with Gasteiger partial charge in [0.2, 0.25) is 0 Å². The smallest absolute Gasteiger partial charge is 0.264 e. The van der Waals surface area contributed by atoms with Crippen molar-refractivity contribution in [2.24, 2.45) is 0 Å². The molecule has 0 saturated carbocycles. The van der Waals surface area contributed by atoms with Gasteiger partial charge in [-0.3, -0.25) is 4.79 Å². The maximum absolute atomic E-state index is 13.1. The molecule has 2 saturated heterocycles. The van der Waals surface area contributed by atoms with Gasteiger partial charge in [-0.1, -0.05) is 30.3 Å². The molecule has 2 aliphatic heterocycles. The van der Waals surface area contributed by atoms with Crippen LogP contribution in [-0.4, -0.2) is 70.1 Å². The van der Waals surface area contributed by atoms with Gasteiger partial charge in [0.1, 0.15) is 0 Å². The number of hydrogen-bond acceptors (Lipinski definition) is 6. The summed E-state index contributed by atoms with van der Waals surface area (Å²) in [6.45, 7) is 2.94. The highest BCUT2D eigenvalue weighted by Gasteiger charge is 2.34. The van der Waals surface area contributed by atoms with Gasteiger partial charge in [0.15, 0.2) is 9.84 Å². The molecule has 8 heteroatoms. The van der Waals surface area contributed by atoms with Gasteiger partial charge in [0, 0.05) is 31.7 Å². The van der Waals surface area contributed by atoms with Crippen LogP contribution >= 0.6 is 11.3 Å². The second-order valence-corrected chi connectivity index (χ2v) is 10.5. The molecule has 150 valence electrons. The Morgan fingerprint density at radius 1 is 1.21 bits per heavy atom. The second kappa shape index (κ2) is 7.85. The average Bonchev–Trinajstić information content (AvgIpc) is 3.32. The summed E-state index contributed by atoms with van der Waals surface area (Å²) < 4.78 is 29.1. The molecular weight excluding hydrogens is 396 g/mol. The van der Waals surface area contributed by atoms with E-state index in [4.69, 9.17) is 4.74 Å². The molecule has 2 aromatic rings. The van der Waals surface area contributed by atoms with Crippen molar-refractivity contribution in [3.05, 3.63) is 41.3 Å². The molecule has 6 nitrogen and oxygen atoms in total. The number of carbonyl (C=O) groups is 1. The lowest BCUT2D eigenvalue weighted by Crippen LogP contribution is -2.37. The minimum atomic E-state index is -3.03. The Morgan fingerprint density at radius 2 is 1.93 bits per heavy atom. The summed E-state index contributed by atoms with van der Waals surface area (Å²) in [7, 11) is -1.32. The van der Waals surface area contributed by atoms with E-state index in [-0.39, 0.29) is 23.5 Å². The molecule has 0 bridgehead atoms. The molecule has 0 N–H and O–H groups in total. The van der Waals surface area contributed by atoms with Gasteiger partial charge in [0.25, 0.3) is 5.91 Å². The monoisotopic (exact) mass is 420 g/mol. The summed E-state index contributed by atoms with van der Waals surface area (Å²) in [5, 5.41) is 1.07. The molecule has 0 unspecified atom stereocenters. The standard InChI is InChI=1S/C20H24N2O4S2/c1-21(16-7-12-28(24,25)14-16)19(23)18-13-17(15-5-3-2-4-6-15)20(27-18)22-8-10-26-11-9-22/h2-6,13,16H,7-12,14H2,1H3/t16-/m0/s1. The van der Waals surface area contributed by atoms with Crippen LogP contribution in [0.15, 0.2) is 36.4 Å². The second-order valence-electron chi connectivity index (χ2n) is 7.27. The number of rotatable bonds is 4. The van der Waals surface area contributed by atoms with Crippen LogP contribution in [-0.2, 0) is 14.6 Å². The van der Waals surface area contributed by atoms with E-state index in [2.05, 4.69) is 4.90 Å². The van der Waals surface area contributed by atoms with Crippen molar-refractivity contribution < 1.29 is 17.9 Å². The van der Waals surface area contributed by atoms with E-state index < -0.39 is 9.84 Å². The van der Waals surface area contributed by atoms with E-state index in [1.54, 1.807) is 11.9 Å². The predicted octanol–water partition coefficient (Wildman–Crippen LogP) is 2.51. The Labute approximate surface area is 169 Å². The van der Waals surface area contributed by atoms with Crippen LogP contribution in [0, 0.1) is 0 Å². The molecule has 0 aliphatic carbocycles. The first-order valence-corrected chi connectivity index (χ1v) is 12.1. The minimum absolute atomic E-state index is 0.0580. The number of carbonyl (C=O) groups excluding carboxylic acids is 1. The highest BCUT2D eigenvalue weighted by atomic mass is 32.2. The first-order chi connectivity index (χ1) is 13.4. The van der Waals surface area contributed by atoms with Gasteiger partial charge in [0.05, 0.1) is 34.6 Å². The van der Waals surface area contributed by atoms with E-state index in [1.807, 2.05) is 36.4 Å². The van der Waals surface area contributed by atoms with Crippen molar-refractivity contribution in [1.29, 1.82) is 0 Å². The Hall–Kier alpha value is -1.90. The SMILES string of the molecule is CN(C(=O)c1cc(-c2ccccc2)c(N2CCOCC2)s1)[C@H]1CCS(=O)(=O)C1. The van der Waals surface area contributed by atoms with Crippen molar-refractivity contribution in [3.8, 4) is 11.1 Å². The minimum Gasteiger partial charge on any atom is -0.378 e. The maximum Gasteiger partial charge on any atom is 0.264 e. The van der Waals surface area contributed by atoms with Crippen LogP contribution in [0.2, 0.25) is 0 Å². The number of hydrogen-bond donors (Lipinski definition) is 0. The van der Waals surface area contributed by atoms with E-state index in [0.29, 0.717) is 24.5 Å². The number of ether oxygens (including phenoxy) is 1. The van der Waals surface area contributed by atoms with E-state index >= 15 is 0 Å². The fraction of sp³-hybridized carbons (Fsp3) is 0.450. The van der Waals surface area contributed by atoms with Crippen molar-refractivity contribution in [2.45, 2.75) is 12.5 Å². The lowest BCUT2D eigenvalue weighted by molar-refractivity contribution is 0.0752. The van der Waals surface area contributed by atoms with Crippen LogP contribution < -0.4 is 4.90 Å². The molecule has 1 aromatic heterocycles. The van der Waals surface area contributed by atoms with Gasteiger partial charge in [-0.2, -0.15) is 0 Å². The Morgan fingerprint density at radius 3 is 2.57 bits per heavy atom. The van der Waals surface area contributed by atoms with E-state index in [1.165, 1.54) is 11.3 Å². The molecule has 3 heterocycles. The van der Waals surface area contributed by atoms with Crippen molar-refractivity contribution >= 4 is 32.1 Å². The summed E-state index contributed by atoms with van der Waals surface area (Å²) in [4.78, 5) is 17.6. The number of thiophene rings is 1. The normalized spacial score (nSPS) is 21.6. The van der Waals surface area contributed by atoms with Gasteiger partial charge < -0.3 is 14.5 Å². The third kappa shape index (κ3) is 3.94. The summed E-state index contributed by atoms with van der Waals surface area (Å²) in [6.07, 6.45) is 0.512. The molecule has 2 fully saturated rings. The van der Waals surface area contributed by atoms with Gasteiger partial charge in [-0.25, -0.2) is 8.42 Å². The quantitative estimate of drug-likeness (QED) is 0.760. The summed E-state index contributed by atoms with van der Waals surface area (Å²) in [5.41, 5.74) is 2.12. The van der Waals surface area contributed by atoms with Gasteiger partial charge >= 0.3 is 0 Å². The largest absolute Gasteiger partial charge is 0.378 e. The molecule has 0 radical (unpaired) electrons. The van der Waals surface area contributed by atoms with Crippen LogP contribution in [0.25, 0.3) is 11.1 Å². The number of anilines is 1. The van der Waals surface area contributed by atoms with Crippen LogP contribution in [0.3, 0.4) is 0 Å². The highest BCUT2D eigenvalue weighted by molar-refractivity contribution is 7.91. The lowest BCUT2D eigenvalue weighted by atomic mass is 10.1. The zero-order valence-corrected chi connectivity index (χ0v) is 17.5. The molecule has 1 amide bonds. The molecule has 2 aliphatic rings. The van der Waals surface area contributed by atoms with Crippen LogP contribution in [0.1, 0.15) is 16.1 Å². The number of sulfone groups is 1. The zero-order chi connectivity index (χ0) is 19.7. The van der Waals surface area contributed by atoms with Crippen LogP contribution in [0.5, 0.6) is 0 Å². The third-order valence-electron chi connectivity index (χ3n) is 5.38. The molecular formula is C20H24N2O4S2. The zero-order valence-electron chi connectivity index (χ0n) is 15.8. The van der Waals surface area contributed by atoms with E-state index in [9.17, 15) is 13.2 Å². The van der Waals surface area contributed by atoms with Crippen molar-refractivity contribution in [2.75, 3.05) is 49.8 Å². The average molecular weight is 421 g/mol. The fourth-order valence-electron chi connectivity index (χ4n) is 3.73. The molecule has 1 aromatic carbocycles. The number of benzene rings is 1. The first kappa shape index (κ1) is 19.4. The highest BCUT2D eigenvalue weighted by Crippen LogP contribution is 2.40. The van der Waals surface area contributed by atoms with Crippen molar-refractivity contribution in [1.82, 2.24) is 4.90 Å². The first-order valence-electron chi connectivity index (χ1n) is 9.44. The van der Waals surface area contributed by atoms with E-state index in [0.717, 1.165) is 29.2 Å².